The summed E-state index contributed by atoms with van der Waals surface area (Å²) in [5.74, 6) is 0. The first-order chi connectivity index (χ1) is 5.27. The lowest BCUT2D eigenvalue weighted by Gasteiger charge is -1.96. The topological polar surface area (TPSA) is 23.8 Å². The summed E-state index contributed by atoms with van der Waals surface area (Å²) < 4.78 is 0.909. The van der Waals surface area contributed by atoms with E-state index < -0.39 is 0 Å². The quantitative estimate of drug-likeness (QED) is 0.695. The second kappa shape index (κ2) is 3.36. The molecule has 0 aliphatic heterocycles. The molecule has 11 heavy (non-hydrogen) atoms. The molecule has 1 rings (SSSR count). The summed E-state index contributed by atoms with van der Waals surface area (Å²) in [7, 11) is 0. The molecule has 0 saturated heterocycles. The fourth-order valence-corrected chi connectivity index (χ4v) is 1.30. The van der Waals surface area contributed by atoms with Crippen LogP contribution in [0.1, 0.15) is 11.1 Å². The molecule has 0 aliphatic rings. The summed E-state index contributed by atoms with van der Waals surface area (Å²) in [5, 5.41) is 8.53. The van der Waals surface area contributed by atoms with Crippen LogP contribution in [0.2, 0.25) is 0 Å². The standard InChI is InChI=1S/C9H6BrN/c1-2-8-4-3-7(6-11)5-9(8)10/h2-5H,1H2. The van der Waals surface area contributed by atoms with E-state index in [0.717, 1.165) is 10.0 Å². The SMILES string of the molecule is C=Cc1ccc(C#N)cc1Br. The molecule has 0 aliphatic carbocycles. The number of nitriles is 1. The molecule has 0 heterocycles. The summed E-state index contributed by atoms with van der Waals surface area (Å²) in [6.07, 6.45) is 1.74. The number of benzene rings is 1. The van der Waals surface area contributed by atoms with Gasteiger partial charge in [-0.15, -0.1) is 0 Å². The summed E-state index contributed by atoms with van der Waals surface area (Å²) >= 11 is 3.33. The van der Waals surface area contributed by atoms with Gasteiger partial charge in [-0.1, -0.05) is 34.7 Å². The van der Waals surface area contributed by atoms with Gasteiger partial charge in [-0.05, 0) is 17.7 Å². The number of nitrogens with zero attached hydrogens (tertiary/aromatic N) is 1. The van der Waals surface area contributed by atoms with E-state index in [1.807, 2.05) is 6.07 Å². The molecular formula is C9H6BrN. The van der Waals surface area contributed by atoms with Crippen LogP contribution in [-0.4, -0.2) is 0 Å². The summed E-state index contributed by atoms with van der Waals surface area (Å²) in [6.45, 7) is 3.63. The summed E-state index contributed by atoms with van der Waals surface area (Å²) in [4.78, 5) is 0. The highest BCUT2D eigenvalue weighted by molar-refractivity contribution is 9.10. The molecule has 0 fully saturated rings. The van der Waals surface area contributed by atoms with Crippen LogP contribution in [0.25, 0.3) is 6.08 Å². The Labute approximate surface area is 74.1 Å². The fourth-order valence-electron chi connectivity index (χ4n) is 0.762. The number of halogens is 1. The highest BCUT2D eigenvalue weighted by Gasteiger charge is 1.95. The maximum absolute atomic E-state index is 8.53. The van der Waals surface area contributed by atoms with Crippen molar-refractivity contribution in [3.8, 4) is 6.07 Å². The molecule has 0 amide bonds. The van der Waals surface area contributed by atoms with Gasteiger partial charge in [-0.25, -0.2) is 0 Å². The van der Waals surface area contributed by atoms with Crippen molar-refractivity contribution in [3.63, 3.8) is 0 Å². The summed E-state index contributed by atoms with van der Waals surface area (Å²) in [5.41, 5.74) is 1.66. The van der Waals surface area contributed by atoms with E-state index in [-0.39, 0.29) is 0 Å². The van der Waals surface area contributed by atoms with Gasteiger partial charge >= 0.3 is 0 Å². The second-order valence-electron chi connectivity index (χ2n) is 2.05. The van der Waals surface area contributed by atoms with Crippen molar-refractivity contribution in [3.05, 3.63) is 40.4 Å². The third-order valence-corrected chi connectivity index (χ3v) is 2.04. The Bertz CT molecular complexity index is 323. The van der Waals surface area contributed by atoms with Crippen LogP contribution in [0.15, 0.2) is 29.3 Å². The predicted octanol–water partition coefficient (Wildman–Crippen LogP) is 2.96. The van der Waals surface area contributed by atoms with E-state index >= 15 is 0 Å². The van der Waals surface area contributed by atoms with E-state index in [1.165, 1.54) is 0 Å². The lowest BCUT2D eigenvalue weighted by Crippen LogP contribution is -1.77. The van der Waals surface area contributed by atoms with E-state index in [1.54, 1.807) is 18.2 Å². The van der Waals surface area contributed by atoms with Gasteiger partial charge in [0.25, 0.3) is 0 Å². The van der Waals surface area contributed by atoms with Crippen LogP contribution in [0.5, 0.6) is 0 Å². The Morgan fingerprint density at radius 2 is 2.27 bits per heavy atom. The third-order valence-electron chi connectivity index (χ3n) is 1.35. The molecule has 0 atom stereocenters. The Kier molecular flexibility index (Phi) is 2.45. The smallest absolute Gasteiger partial charge is 0.0992 e. The van der Waals surface area contributed by atoms with Crippen molar-refractivity contribution in [2.24, 2.45) is 0 Å². The van der Waals surface area contributed by atoms with Crippen molar-refractivity contribution in [1.29, 1.82) is 5.26 Å². The molecule has 0 radical (unpaired) electrons. The minimum absolute atomic E-state index is 0.655. The zero-order valence-corrected chi connectivity index (χ0v) is 7.43. The van der Waals surface area contributed by atoms with Crippen LogP contribution in [-0.2, 0) is 0 Å². The highest BCUT2D eigenvalue weighted by Crippen LogP contribution is 2.18. The minimum Gasteiger partial charge on any atom is -0.192 e. The number of rotatable bonds is 1. The molecule has 0 aromatic heterocycles. The molecule has 1 nitrogen and oxygen atoms in total. The van der Waals surface area contributed by atoms with Gasteiger partial charge in [0.15, 0.2) is 0 Å². The van der Waals surface area contributed by atoms with E-state index in [9.17, 15) is 0 Å². The van der Waals surface area contributed by atoms with Gasteiger partial charge in [-0.2, -0.15) is 5.26 Å². The van der Waals surface area contributed by atoms with Gasteiger partial charge in [0.05, 0.1) is 11.6 Å². The number of hydrogen-bond donors (Lipinski definition) is 0. The molecule has 0 N–H and O–H groups in total. The monoisotopic (exact) mass is 207 g/mol. The average molecular weight is 208 g/mol. The minimum atomic E-state index is 0.655. The van der Waals surface area contributed by atoms with Gasteiger partial charge in [0.1, 0.15) is 0 Å². The van der Waals surface area contributed by atoms with Crippen molar-refractivity contribution >= 4 is 22.0 Å². The fraction of sp³-hybridized carbons (Fsp3) is 0. The molecule has 0 saturated carbocycles. The van der Waals surface area contributed by atoms with Crippen LogP contribution < -0.4 is 0 Å². The zero-order valence-electron chi connectivity index (χ0n) is 5.84. The Hall–Kier alpha value is -1.07. The average Bonchev–Trinajstić information content (AvgIpc) is 2.04. The Morgan fingerprint density at radius 1 is 1.55 bits per heavy atom. The van der Waals surface area contributed by atoms with Gasteiger partial charge < -0.3 is 0 Å². The Morgan fingerprint density at radius 3 is 2.73 bits per heavy atom. The molecule has 1 aromatic rings. The predicted molar refractivity (Wildman–Crippen MR) is 48.9 cm³/mol. The summed E-state index contributed by atoms with van der Waals surface area (Å²) in [6, 6.07) is 7.45. The second-order valence-corrected chi connectivity index (χ2v) is 2.91. The zero-order chi connectivity index (χ0) is 8.27. The van der Waals surface area contributed by atoms with Gasteiger partial charge in [0.2, 0.25) is 0 Å². The Balaban J connectivity index is 3.22. The number of hydrogen-bond acceptors (Lipinski definition) is 1. The van der Waals surface area contributed by atoms with Crippen molar-refractivity contribution < 1.29 is 0 Å². The molecule has 0 spiro atoms. The first-order valence-corrected chi connectivity index (χ1v) is 3.89. The molecule has 1 aromatic carbocycles. The molecule has 0 unspecified atom stereocenters. The lowest BCUT2D eigenvalue weighted by molar-refractivity contribution is 1.47. The first-order valence-electron chi connectivity index (χ1n) is 3.10. The lowest BCUT2D eigenvalue weighted by atomic mass is 10.1. The van der Waals surface area contributed by atoms with Crippen LogP contribution in [0.4, 0.5) is 0 Å². The van der Waals surface area contributed by atoms with E-state index in [2.05, 4.69) is 28.6 Å². The van der Waals surface area contributed by atoms with Crippen LogP contribution >= 0.6 is 15.9 Å². The molecule has 54 valence electrons. The van der Waals surface area contributed by atoms with Crippen LogP contribution in [0.3, 0.4) is 0 Å². The molecular weight excluding hydrogens is 202 g/mol. The van der Waals surface area contributed by atoms with Crippen molar-refractivity contribution in [1.82, 2.24) is 0 Å². The largest absolute Gasteiger partial charge is 0.192 e. The van der Waals surface area contributed by atoms with Crippen LogP contribution in [0, 0.1) is 11.3 Å². The van der Waals surface area contributed by atoms with E-state index in [0.29, 0.717) is 5.56 Å². The molecule has 2 heteroatoms. The molecule has 0 bridgehead atoms. The van der Waals surface area contributed by atoms with Crippen molar-refractivity contribution in [2.75, 3.05) is 0 Å². The van der Waals surface area contributed by atoms with E-state index in [4.69, 9.17) is 5.26 Å². The maximum atomic E-state index is 8.53. The highest BCUT2D eigenvalue weighted by atomic mass is 79.9. The maximum Gasteiger partial charge on any atom is 0.0992 e. The van der Waals surface area contributed by atoms with Crippen molar-refractivity contribution in [2.45, 2.75) is 0 Å². The third kappa shape index (κ3) is 1.69. The van der Waals surface area contributed by atoms with Gasteiger partial charge in [0, 0.05) is 4.47 Å². The first kappa shape index (κ1) is 8.03. The normalized spacial score (nSPS) is 8.73. The van der Waals surface area contributed by atoms with Gasteiger partial charge in [-0.3, -0.25) is 0 Å².